The lowest BCUT2D eigenvalue weighted by molar-refractivity contribution is -0.137. The molecular formula is C19H17NO5S. The minimum absolute atomic E-state index is 0.0184. The van der Waals surface area contributed by atoms with E-state index in [2.05, 4.69) is 17.2 Å². The second-order valence-corrected chi connectivity index (χ2v) is 6.14. The average Bonchev–Trinajstić information content (AvgIpc) is 2.64. The maximum atomic E-state index is 12.0. The lowest BCUT2D eigenvalue weighted by Crippen LogP contribution is -2.23. The molecule has 0 saturated carbocycles. The molecule has 0 fully saturated rings. The van der Waals surface area contributed by atoms with Crippen molar-refractivity contribution in [3.05, 3.63) is 71.3 Å². The fraction of sp³-hybridized carbons (Fsp3) is 0.158. The summed E-state index contributed by atoms with van der Waals surface area (Å²) in [5.41, 5.74) is 1.79. The zero-order valence-corrected chi connectivity index (χ0v) is 14.6. The summed E-state index contributed by atoms with van der Waals surface area (Å²) < 4.78 is 24.7. The van der Waals surface area contributed by atoms with Crippen LogP contribution in [0, 0.1) is 11.8 Å². The molecule has 2 N–H and O–H groups in total. The number of ether oxygens (including phenoxy) is 1. The van der Waals surface area contributed by atoms with Crippen LogP contribution < -0.4 is 5.32 Å². The average molecular weight is 371 g/mol. The molecule has 0 aliphatic heterocycles. The molecule has 26 heavy (non-hydrogen) atoms. The van der Waals surface area contributed by atoms with Gasteiger partial charge in [0.2, 0.25) is 0 Å². The van der Waals surface area contributed by atoms with Gasteiger partial charge in [0.1, 0.15) is 6.61 Å². The van der Waals surface area contributed by atoms with Gasteiger partial charge in [-0.25, -0.2) is 9.00 Å². The first kappa shape index (κ1) is 19.4. The molecule has 0 saturated heterocycles. The van der Waals surface area contributed by atoms with Crippen molar-refractivity contribution in [1.29, 1.82) is 0 Å². The van der Waals surface area contributed by atoms with Gasteiger partial charge in [-0.05, 0) is 23.3 Å². The van der Waals surface area contributed by atoms with E-state index in [4.69, 9.17) is 9.29 Å². The minimum atomic E-state index is -1.97. The predicted molar refractivity (Wildman–Crippen MR) is 97.3 cm³/mol. The van der Waals surface area contributed by atoms with Crippen molar-refractivity contribution in [2.75, 3.05) is 6.54 Å². The van der Waals surface area contributed by atoms with Crippen LogP contribution in [-0.2, 0) is 33.0 Å². The van der Waals surface area contributed by atoms with E-state index in [-0.39, 0.29) is 24.8 Å². The molecule has 0 aromatic heterocycles. The first-order valence-electron chi connectivity index (χ1n) is 7.69. The highest BCUT2D eigenvalue weighted by atomic mass is 32.2. The number of amides is 1. The molecule has 134 valence electrons. The predicted octanol–water partition coefficient (Wildman–Crippen LogP) is 1.88. The quantitative estimate of drug-likeness (QED) is 0.350. The molecule has 0 radical (unpaired) electrons. The Morgan fingerprint density at radius 1 is 1.08 bits per heavy atom. The zero-order valence-electron chi connectivity index (χ0n) is 13.8. The molecule has 6 nitrogen and oxygen atoms in total. The zero-order chi connectivity index (χ0) is 18.8. The molecule has 0 aliphatic rings. The lowest BCUT2D eigenvalue weighted by atomic mass is 10.1. The normalized spacial score (nSPS) is 11.0. The largest absolute Gasteiger partial charge is 0.451 e. The van der Waals surface area contributed by atoms with Crippen molar-refractivity contribution < 1.29 is 23.1 Å². The Kier molecular flexibility index (Phi) is 7.55. The summed E-state index contributed by atoms with van der Waals surface area (Å²) in [6, 6.07) is 15.6. The lowest BCUT2D eigenvalue weighted by Gasteiger charge is -2.04. The summed E-state index contributed by atoms with van der Waals surface area (Å²) in [6.07, 6.45) is 0. The molecule has 7 heteroatoms. The maximum absolute atomic E-state index is 12.0. The summed E-state index contributed by atoms with van der Waals surface area (Å²) in [7, 11) is 0. The van der Waals surface area contributed by atoms with E-state index in [1.165, 1.54) is 6.07 Å². The van der Waals surface area contributed by atoms with E-state index in [1.54, 1.807) is 18.2 Å². The van der Waals surface area contributed by atoms with Gasteiger partial charge in [-0.1, -0.05) is 48.4 Å². The summed E-state index contributed by atoms with van der Waals surface area (Å²) in [5, 5.41) is 2.55. The number of benzene rings is 2. The number of hydrogen-bond acceptors (Lipinski definition) is 4. The standard InChI is InChI=1S/C19H17NO5S/c21-18(25-13-15-6-2-1-3-7-15)10-5-11-20-19(22)17-9-4-8-16(12-17)14-26(23)24/h1-4,6-9,12H,11,13-14H2,(H,20,22)(H,23,24). The first-order valence-corrected chi connectivity index (χ1v) is 8.96. The van der Waals surface area contributed by atoms with Gasteiger partial charge in [0.15, 0.2) is 11.1 Å². The molecule has 2 rings (SSSR count). The van der Waals surface area contributed by atoms with Crippen LogP contribution in [0.4, 0.5) is 0 Å². The molecular weight excluding hydrogens is 354 g/mol. The van der Waals surface area contributed by atoms with Gasteiger partial charge in [-0.3, -0.25) is 4.79 Å². The number of rotatable bonds is 6. The monoisotopic (exact) mass is 371 g/mol. The van der Waals surface area contributed by atoms with Crippen LogP contribution in [0.25, 0.3) is 0 Å². The third kappa shape index (κ3) is 6.89. The third-order valence-corrected chi connectivity index (χ3v) is 3.80. The van der Waals surface area contributed by atoms with Crippen LogP contribution in [0.5, 0.6) is 0 Å². The van der Waals surface area contributed by atoms with Crippen molar-refractivity contribution in [3.8, 4) is 11.8 Å². The van der Waals surface area contributed by atoms with Crippen LogP contribution in [0.15, 0.2) is 54.6 Å². The van der Waals surface area contributed by atoms with Crippen LogP contribution in [0.1, 0.15) is 21.5 Å². The van der Waals surface area contributed by atoms with Crippen molar-refractivity contribution in [2.45, 2.75) is 12.4 Å². The molecule has 0 bridgehead atoms. The van der Waals surface area contributed by atoms with Crippen molar-refractivity contribution >= 4 is 23.0 Å². The molecule has 0 spiro atoms. The molecule has 0 heterocycles. The number of carbonyl (C=O) groups excluding carboxylic acids is 2. The van der Waals surface area contributed by atoms with E-state index in [0.717, 1.165) is 5.56 Å². The smallest absolute Gasteiger partial charge is 0.384 e. The van der Waals surface area contributed by atoms with Gasteiger partial charge in [-0.2, -0.15) is 0 Å². The van der Waals surface area contributed by atoms with Crippen molar-refractivity contribution in [2.24, 2.45) is 0 Å². The Balaban J connectivity index is 1.78. The van der Waals surface area contributed by atoms with Gasteiger partial charge in [0.25, 0.3) is 5.91 Å². The molecule has 1 amide bonds. The van der Waals surface area contributed by atoms with Gasteiger partial charge in [0, 0.05) is 11.5 Å². The number of esters is 1. The van der Waals surface area contributed by atoms with Gasteiger partial charge >= 0.3 is 5.97 Å². The van der Waals surface area contributed by atoms with Crippen LogP contribution >= 0.6 is 0 Å². The summed E-state index contributed by atoms with van der Waals surface area (Å²) in [6.45, 7) is 0.120. The minimum Gasteiger partial charge on any atom is -0.451 e. The fourth-order valence-electron chi connectivity index (χ4n) is 2.05. The molecule has 0 aliphatic carbocycles. The van der Waals surface area contributed by atoms with Gasteiger partial charge in [0.05, 0.1) is 12.3 Å². The van der Waals surface area contributed by atoms with Crippen molar-refractivity contribution in [1.82, 2.24) is 5.32 Å². The highest BCUT2D eigenvalue weighted by Crippen LogP contribution is 2.07. The number of nitrogens with one attached hydrogen (secondary N) is 1. The topological polar surface area (TPSA) is 92.7 Å². The maximum Gasteiger partial charge on any atom is 0.384 e. The Morgan fingerprint density at radius 2 is 1.81 bits per heavy atom. The summed E-state index contributed by atoms with van der Waals surface area (Å²) in [5.74, 6) is 3.72. The van der Waals surface area contributed by atoms with E-state index in [1.807, 2.05) is 30.3 Å². The number of carbonyl (C=O) groups is 2. The van der Waals surface area contributed by atoms with Crippen LogP contribution in [-0.4, -0.2) is 27.2 Å². The SMILES string of the molecule is O=C(C#CCNC(=O)c1cccc(CS(=O)O)c1)OCc1ccccc1. The van der Waals surface area contributed by atoms with Crippen LogP contribution in [0.2, 0.25) is 0 Å². The molecule has 1 atom stereocenters. The van der Waals surface area contributed by atoms with E-state index >= 15 is 0 Å². The van der Waals surface area contributed by atoms with E-state index in [9.17, 15) is 13.8 Å². The second kappa shape index (κ2) is 10.1. The Bertz CT molecular complexity index is 855. The molecule has 2 aromatic rings. The molecule has 2 aromatic carbocycles. The van der Waals surface area contributed by atoms with E-state index in [0.29, 0.717) is 11.1 Å². The van der Waals surface area contributed by atoms with Gasteiger partial charge in [-0.15, -0.1) is 0 Å². The fourth-order valence-corrected chi connectivity index (χ4v) is 2.51. The van der Waals surface area contributed by atoms with Crippen molar-refractivity contribution in [3.63, 3.8) is 0 Å². The highest BCUT2D eigenvalue weighted by molar-refractivity contribution is 7.78. The third-order valence-electron chi connectivity index (χ3n) is 3.22. The summed E-state index contributed by atoms with van der Waals surface area (Å²) >= 11 is -1.97. The second-order valence-electron chi connectivity index (χ2n) is 5.21. The Hall–Kier alpha value is -2.95. The Labute approximate surface area is 153 Å². The van der Waals surface area contributed by atoms with Crippen LogP contribution in [0.3, 0.4) is 0 Å². The Morgan fingerprint density at radius 3 is 2.54 bits per heavy atom. The number of hydrogen-bond donors (Lipinski definition) is 2. The highest BCUT2D eigenvalue weighted by Gasteiger charge is 2.06. The molecule has 1 unspecified atom stereocenters. The first-order chi connectivity index (χ1) is 12.5. The summed E-state index contributed by atoms with van der Waals surface area (Å²) in [4.78, 5) is 23.5. The van der Waals surface area contributed by atoms with E-state index < -0.39 is 17.0 Å². The van der Waals surface area contributed by atoms with Gasteiger partial charge < -0.3 is 14.6 Å².